The normalized spacial score (nSPS) is 9.58. The standard InChI is InChI=1S/C7H9N2O3/c1-12-7-4-5(8)2-3-6(7)9(10)11/h2-4,10H,8H2,1H3/q-1. The van der Waals surface area contributed by atoms with Gasteiger partial charge in [0.1, 0.15) is 5.75 Å². The van der Waals surface area contributed by atoms with Crippen LogP contribution in [0.25, 0.3) is 0 Å². The van der Waals surface area contributed by atoms with Crippen LogP contribution in [0.4, 0.5) is 11.4 Å². The van der Waals surface area contributed by atoms with Gasteiger partial charge in [0.15, 0.2) is 0 Å². The van der Waals surface area contributed by atoms with Gasteiger partial charge < -0.3 is 20.9 Å². The largest absolute Gasteiger partial charge is 0.733 e. The molecule has 66 valence electrons. The molecule has 0 aliphatic carbocycles. The Hall–Kier alpha value is -1.46. The van der Waals surface area contributed by atoms with E-state index in [-0.39, 0.29) is 16.7 Å². The number of nitrogens with zero attached hydrogens (tertiary/aromatic N) is 1. The highest BCUT2D eigenvalue weighted by Crippen LogP contribution is 2.28. The highest BCUT2D eigenvalue weighted by atomic mass is 16.8. The molecule has 0 fully saturated rings. The summed E-state index contributed by atoms with van der Waals surface area (Å²) in [7, 11) is 1.39. The highest BCUT2D eigenvalue weighted by Gasteiger charge is 2.02. The first-order valence-electron chi connectivity index (χ1n) is 3.25. The fourth-order valence-corrected chi connectivity index (χ4v) is 0.852. The summed E-state index contributed by atoms with van der Waals surface area (Å²) in [5.74, 6) is 0.243. The number of benzene rings is 1. The minimum atomic E-state index is -0.266. The quantitative estimate of drug-likeness (QED) is 0.509. The Morgan fingerprint density at radius 3 is 2.75 bits per heavy atom. The summed E-state index contributed by atoms with van der Waals surface area (Å²) < 4.78 is 4.81. The van der Waals surface area contributed by atoms with Crippen LogP contribution in [0.3, 0.4) is 0 Å². The van der Waals surface area contributed by atoms with Gasteiger partial charge in [0.05, 0.1) is 12.8 Å². The number of hydrogen-bond donors (Lipinski definition) is 2. The van der Waals surface area contributed by atoms with Crippen molar-refractivity contribution < 1.29 is 9.94 Å². The second kappa shape index (κ2) is 3.29. The summed E-state index contributed by atoms with van der Waals surface area (Å²) in [6, 6.07) is 4.33. The van der Waals surface area contributed by atoms with Gasteiger partial charge >= 0.3 is 0 Å². The van der Waals surface area contributed by atoms with Crippen molar-refractivity contribution in [3.8, 4) is 5.75 Å². The molecule has 0 aliphatic rings. The van der Waals surface area contributed by atoms with Crippen molar-refractivity contribution in [1.82, 2.24) is 0 Å². The van der Waals surface area contributed by atoms with E-state index in [9.17, 15) is 5.21 Å². The van der Waals surface area contributed by atoms with E-state index in [1.807, 2.05) is 0 Å². The van der Waals surface area contributed by atoms with Gasteiger partial charge in [-0.3, -0.25) is 5.21 Å². The molecule has 0 heterocycles. The average Bonchev–Trinajstić information content (AvgIpc) is 2.03. The Morgan fingerprint density at radius 2 is 2.25 bits per heavy atom. The first kappa shape index (κ1) is 8.63. The Bertz CT molecular complexity index is 275. The number of rotatable bonds is 2. The molecule has 12 heavy (non-hydrogen) atoms. The third-order valence-electron chi connectivity index (χ3n) is 1.41. The molecule has 1 aromatic rings. The molecule has 1 rings (SSSR count). The van der Waals surface area contributed by atoms with Crippen molar-refractivity contribution in [1.29, 1.82) is 0 Å². The van der Waals surface area contributed by atoms with Gasteiger partial charge in [-0.1, -0.05) is 0 Å². The van der Waals surface area contributed by atoms with Gasteiger partial charge in [0.2, 0.25) is 0 Å². The lowest BCUT2D eigenvalue weighted by Gasteiger charge is -2.23. The lowest BCUT2D eigenvalue weighted by Crippen LogP contribution is -2.08. The van der Waals surface area contributed by atoms with Crippen LogP contribution in [0.1, 0.15) is 0 Å². The van der Waals surface area contributed by atoms with E-state index >= 15 is 0 Å². The Balaban J connectivity index is 3.11. The molecule has 0 saturated heterocycles. The summed E-state index contributed by atoms with van der Waals surface area (Å²) in [5.41, 5.74) is 5.92. The molecule has 3 N–H and O–H groups in total. The summed E-state index contributed by atoms with van der Waals surface area (Å²) in [4.78, 5) is 0. The van der Waals surface area contributed by atoms with Gasteiger partial charge in [-0.05, 0) is 12.1 Å². The maximum absolute atomic E-state index is 10.5. The van der Waals surface area contributed by atoms with Crippen LogP contribution in [0.2, 0.25) is 0 Å². The Kier molecular flexibility index (Phi) is 2.37. The third kappa shape index (κ3) is 1.58. The lowest BCUT2D eigenvalue weighted by molar-refractivity contribution is 0.290. The van der Waals surface area contributed by atoms with E-state index in [2.05, 4.69) is 0 Å². The molecule has 5 nitrogen and oxygen atoms in total. The molecule has 0 bridgehead atoms. The summed E-state index contributed by atoms with van der Waals surface area (Å²) in [6.07, 6.45) is 0. The topological polar surface area (TPSA) is 81.8 Å². The van der Waals surface area contributed by atoms with Gasteiger partial charge in [-0.2, -0.15) is 0 Å². The Morgan fingerprint density at radius 1 is 1.58 bits per heavy atom. The van der Waals surface area contributed by atoms with Crippen molar-refractivity contribution >= 4 is 11.4 Å². The zero-order valence-electron chi connectivity index (χ0n) is 6.52. The lowest BCUT2D eigenvalue weighted by atomic mass is 10.2. The smallest absolute Gasteiger partial charge is 0.145 e. The van der Waals surface area contributed by atoms with Crippen LogP contribution in [0.5, 0.6) is 5.75 Å². The van der Waals surface area contributed by atoms with E-state index in [0.717, 1.165) is 0 Å². The highest BCUT2D eigenvalue weighted by molar-refractivity contribution is 5.62. The zero-order valence-corrected chi connectivity index (χ0v) is 6.52. The fraction of sp³-hybridized carbons (Fsp3) is 0.143. The maximum Gasteiger partial charge on any atom is 0.145 e. The van der Waals surface area contributed by atoms with E-state index in [4.69, 9.17) is 15.7 Å². The minimum Gasteiger partial charge on any atom is -0.733 e. The molecule has 5 heteroatoms. The molecule has 0 amide bonds. The van der Waals surface area contributed by atoms with Crippen molar-refractivity contribution in [2.24, 2.45) is 0 Å². The summed E-state index contributed by atoms with van der Waals surface area (Å²) >= 11 is 0. The van der Waals surface area contributed by atoms with E-state index in [0.29, 0.717) is 5.69 Å². The molecular weight excluding hydrogens is 160 g/mol. The molecule has 0 atom stereocenters. The maximum atomic E-state index is 10.5. The van der Waals surface area contributed by atoms with Crippen LogP contribution >= 0.6 is 0 Å². The molecule has 0 aliphatic heterocycles. The second-order valence-electron chi connectivity index (χ2n) is 2.20. The van der Waals surface area contributed by atoms with Gasteiger partial charge in [-0.15, -0.1) is 0 Å². The molecule has 0 saturated carbocycles. The van der Waals surface area contributed by atoms with E-state index in [1.54, 1.807) is 0 Å². The number of methoxy groups -OCH3 is 1. The van der Waals surface area contributed by atoms with E-state index < -0.39 is 0 Å². The Labute approximate surface area is 69.5 Å². The molecule has 1 aromatic carbocycles. The van der Waals surface area contributed by atoms with Crippen LogP contribution < -0.4 is 15.7 Å². The number of nitrogen functional groups attached to an aromatic ring is 1. The summed E-state index contributed by atoms with van der Waals surface area (Å²) in [6.45, 7) is 0. The number of anilines is 2. The third-order valence-corrected chi connectivity index (χ3v) is 1.41. The van der Waals surface area contributed by atoms with E-state index in [1.165, 1.54) is 25.3 Å². The van der Waals surface area contributed by atoms with Crippen molar-refractivity contribution in [2.75, 3.05) is 18.1 Å². The molecule has 0 spiro atoms. The van der Waals surface area contributed by atoms with Crippen LogP contribution in [-0.4, -0.2) is 12.3 Å². The molecule has 0 radical (unpaired) electrons. The van der Waals surface area contributed by atoms with Crippen LogP contribution in [-0.2, 0) is 0 Å². The second-order valence-corrected chi connectivity index (χ2v) is 2.20. The van der Waals surface area contributed by atoms with Crippen LogP contribution in [0.15, 0.2) is 18.2 Å². The molecular formula is C7H9N2O3-. The minimum absolute atomic E-state index is 0.0340. The fourth-order valence-electron chi connectivity index (χ4n) is 0.852. The predicted molar refractivity (Wildman–Crippen MR) is 45.0 cm³/mol. The zero-order chi connectivity index (χ0) is 9.14. The van der Waals surface area contributed by atoms with Crippen molar-refractivity contribution in [3.63, 3.8) is 0 Å². The first-order valence-corrected chi connectivity index (χ1v) is 3.25. The van der Waals surface area contributed by atoms with Crippen molar-refractivity contribution in [2.45, 2.75) is 0 Å². The summed E-state index contributed by atoms with van der Waals surface area (Å²) in [5, 5.41) is 18.8. The number of ether oxygens (including phenoxy) is 1. The number of nitrogens with two attached hydrogens (primary N) is 1. The van der Waals surface area contributed by atoms with Crippen molar-refractivity contribution in [3.05, 3.63) is 23.4 Å². The number of hydrogen-bond acceptors (Lipinski definition) is 5. The van der Waals surface area contributed by atoms with Gasteiger partial charge in [-0.25, -0.2) is 0 Å². The monoisotopic (exact) mass is 169 g/mol. The predicted octanol–water partition coefficient (Wildman–Crippen LogP) is 0.971. The first-order chi connectivity index (χ1) is 5.65. The van der Waals surface area contributed by atoms with Crippen LogP contribution in [0, 0.1) is 5.21 Å². The SMILES string of the molecule is COc1cc(N)ccc1N([O-])O. The van der Waals surface area contributed by atoms with Gasteiger partial charge in [0.25, 0.3) is 0 Å². The van der Waals surface area contributed by atoms with Gasteiger partial charge in [0, 0.05) is 11.8 Å². The average molecular weight is 169 g/mol. The molecule has 0 unspecified atom stereocenters. The molecule has 0 aromatic heterocycles.